The number of benzene rings is 2. The van der Waals surface area contributed by atoms with Crippen molar-refractivity contribution in [1.29, 1.82) is 0 Å². The lowest BCUT2D eigenvalue weighted by Crippen LogP contribution is -2.50. The van der Waals surface area contributed by atoms with Gasteiger partial charge in [0.25, 0.3) is 5.91 Å². The number of carbonyl (C=O) groups is 5. The van der Waals surface area contributed by atoms with E-state index < -0.39 is 25.0 Å². The zero-order valence-electron chi connectivity index (χ0n) is 26.5. The highest BCUT2D eigenvalue weighted by Crippen LogP contribution is 2.40. The Morgan fingerprint density at radius 1 is 1.00 bits per heavy atom. The second kappa shape index (κ2) is 14.1. The molecule has 1 saturated heterocycles. The van der Waals surface area contributed by atoms with E-state index in [1.54, 1.807) is 25.4 Å². The Bertz CT molecular complexity index is 1570. The predicted octanol–water partition coefficient (Wildman–Crippen LogP) is 4.46. The lowest BCUT2D eigenvalue weighted by atomic mass is 10.0. The minimum absolute atomic E-state index is 0.154. The third-order valence-electron chi connectivity index (χ3n) is 8.86. The van der Waals surface area contributed by atoms with Gasteiger partial charge in [0.1, 0.15) is 5.75 Å². The van der Waals surface area contributed by atoms with Gasteiger partial charge >= 0.3 is 6.09 Å². The lowest BCUT2D eigenvalue weighted by molar-refractivity contribution is -0.138. The van der Waals surface area contributed by atoms with E-state index in [1.807, 2.05) is 44.4 Å². The molecule has 0 aliphatic carbocycles. The first-order valence-electron chi connectivity index (χ1n) is 15.4. The molecule has 1 fully saturated rings. The van der Waals surface area contributed by atoms with Crippen molar-refractivity contribution in [3.05, 3.63) is 64.9 Å². The summed E-state index contributed by atoms with van der Waals surface area (Å²) >= 11 is 1.37. The number of ether oxygens (including phenoxy) is 2. The van der Waals surface area contributed by atoms with Crippen LogP contribution in [-0.4, -0.2) is 88.5 Å². The first-order valence-corrected chi connectivity index (χ1v) is 16.6. The van der Waals surface area contributed by atoms with Gasteiger partial charge in [-0.1, -0.05) is 18.6 Å². The molecule has 11 nitrogen and oxygen atoms in total. The quantitative estimate of drug-likeness (QED) is 0.277. The predicted molar refractivity (Wildman–Crippen MR) is 173 cm³/mol. The van der Waals surface area contributed by atoms with Crippen LogP contribution in [0.2, 0.25) is 0 Å². The minimum Gasteiger partial charge on any atom is -0.497 e. The summed E-state index contributed by atoms with van der Waals surface area (Å²) < 4.78 is 10.7. The standard InChI is InChI=1S/C34H39N3O8S/c1-20-14-26-27(15-21(20)2)37(32(41)28-16-23(18-36(28)31(26)40)22-9-11-25(44-3)12-10-22)34(43)45-19-24(38)8-6-5-7-13-35-30(39)17-29(46-4)33(35)42/h9-12,14-15,18,28-29,32,41H,5-8,13,16-17,19H2,1-4H3/t28-,29?,32-/m0/s1. The molecule has 1 N–H and O–H groups in total. The number of aliphatic hydroxyl groups excluding tert-OH is 1. The van der Waals surface area contributed by atoms with E-state index in [4.69, 9.17) is 9.47 Å². The summed E-state index contributed by atoms with van der Waals surface area (Å²) in [5.41, 5.74) is 3.82. The van der Waals surface area contributed by atoms with Crippen molar-refractivity contribution < 1.29 is 38.6 Å². The molecule has 3 aliphatic rings. The van der Waals surface area contributed by atoms with Gasteiger partial charge in [-0.3, -0.25) is 24.1 Å². The van der Waals surface area contributed by atoms with Crippen molar-refractivity contribution in [2.24, 2.45) is 0 Å². The summed E-state index contributed by atoms with van der Waals surface area (Å²) in [6.45, 7) is 3.56. The number of amides is 4. The number of ketones is 1. The molecule has 3 atom stereocenters. The second-order valence-electron chi connectivity index (χ2n) is 11.8. The molecule has 1 unspecified atom stereocenters. The molecule has 0 aromatic heterocycles. The van der Waals surface area contributed by atoms with Crippen molar-refractivity contribution in [2.75, 3.05) is 31.4 Å². The van der Waals surface area contributed by atoms with Crippen molar-refractivity contribution in [3.8, 4) is 5.75 Å². The molecule has 2 aromatic carbocycles. The number of hydrogen-bond donors (Lipinski definition) is 1. The SMILES string of the molecule is COc1ccc(C2=CN3C(=O)c4cc(C)c(C)cc4N(C(=O)OCC(=O)CCCCCN4C(=O)CC(SC)C4=O)[C@@H](O)[C@@H]3C2)cc1. The number of hydrogen-bond acceptors (Lipinski definition) is 9. The molecule has 46 heavy (non-hydrogen) atoms. The number of Topliss-reactive ketones (excluding diaryl/α,β-unsaturated/α-hetero) is 1. The van der Waals surface area contributed by atoms with Crippen LogP contribution in [0.4, 0.5) is 10.5 Å². The molecule has 0 radical (unpaired) electrons. The fraction of sp³-hybridized carbons (Fsp3) is 0.441. The molecule has 2 aromatic rings. The number of fused-ring (bicyclic) bond motifs is 2. The summed E-state index contributed by atoms with van der Waals surface area (Å²) in [6, 6.07) is 9.99. The highest BCUT2D eigenvalue weighted by molar-refractivity contribution is 8.00. The van der Waals surface area contributed by atoms with Crippen LogP contribution in [0.5, 0.6) is 5.75 Å². The summed E-state index contributed by atoms with van der Waals surface area (Å²) in [6.07, 6.45) is 3.56. The Balaban J connectivity index is 1.23. The molecule has 12 heteroatoms. The zero-order chi connectivity index (χ0) is 33.1. The normalized spacial score (nSPS) is 20.8. The van der Waals surface area contributed by atoms with Crippen LogP contribution in [0.15, 0.2) is 42.6 Å². The largest absolute Gasteiger partial charge is 0.497 e. The van der Waals surface area contributed by atoms with Gasteiger partial charge in [0.2, 0.25) is 11.8 Å². The van der Waals surface area contributed by atoms with E-state index in [9.17, 15) is 29.1 Å². The zero-order valence-corrected chi connectivity index (χ0v) is 27.3. The van der Waals surface area contributed by atoms with Crippen LogP contribution in [0.1, 0.15) is 65.6 Å². The summed E-state index contributed by atoms with van der Waals surface area (Å²) in [5, 5.41) is 11.3. The van der Waals surface area contributed by atoms with Gasteiger partial charge in [-0.15, -0.1) is 0 Å². The van der Waals surface area contributed by atoms with Crippen molar-refractivity contribution in [1.82, 2.24) is 9.80 Å². The van der Waals surface area contributed by atoms with Crippen LogP contribution >= 0.6 is 11.8 Å². The van der Waals surface area contributed by atoms with Gasteiger partial charge < -0.3 is 19.5 Å². The fourth-order valence-corrected chi connectivity index (χ4v) is 6.69. The number of aliphatic hydroxyl groups is 1. The lowest BCUT2D eigenvalue weighted by Gasteiger charge is -2.31. The molecular formula is C34H39N3O8S. The Labute approximate surface area is 272 Å². The molecule has 3 aliphatic heterocycles. The minimum atomic E-state index is -1.44. The van der Waals surface area contributed by atoms with Gasteiger partial charge in [-0.2, -0.15) is 11.8 Å². The average molecular weight is 650 g/mol. The van der Waals surface area contributed by atoms with E-state index in [-0.39, 0.29) is 52.8 Å². The van der Waals surface area contributed by atoms with Gasteiger partial charge in [0, 0.05) is 25.6 Å². The molecule has 4 amide bonds. The number of thioether (sulfide) groups is 1. The number of likely N-dealkylation sites (tertiary alicyclic amines) is 1. The van der Waals surface area contributed by atoms with Gasteiger partial charge in [-0.25, -0.2) is 9.69 Å². The number of unbranched alkanes of at least 4 members (excludes halogenated alkanes) is 2. The third kappa shape index (κ3) is 6.68. The number of methoxy groups -OCH3 is 1. The van der Waals surface area contributed by atoms with Crippen molar-refractivity contribution in [2.45, 2.75) is 69.9 Å². The second-order valence-corrected chi connectivity index (χ2v) is 12.9. The molecule has 244 valence electrons. The van der Waals surface area contributed by atoms with Crippen LogP contribution in [0.3, 0.4) is 0 Å². The number of anilines is 1. The summed E-state index contributed by atoms with van der Waals surface area (Å²) in [4.78, 5) is 68.2. The molecule has 0 spiro atoms. The topological polar surface area (TPSA) is 134 Å². The highest BCUT2D eigenvalue weighted by Gasteiger charge is 2.45. The molecular weight excluding hydrogens is 610 g/mol. The highest BCUT2D eigenvalue weighted by atomic mass is 32.2. The van der Waals surface area contributed by atoms with Crippen molar-refractivity contribution >= 4 is 52.6 Å². The smallest absolute Gasteiger partial charge is 0.416 e. The first-order chi connectivity index (χ1) is 22.0. The van der Waals surface area contributed by atoms with Crippen molar-refractivity contribution in [3.63, 3.8) is 0 Å². The third-order valence-corrected chi connectivity index (χ3v) is 9.80. The van der Waals surface area contributed by atoms with Crippen LogP contribution in [-0.2, 0) is 19.1 Å². The molecule has 0 saturated carbocycles. The van der Waals surface area contributed by atoms with E-state index in [0.29, 0.717) is 38.0 Å². The number of carbonyl (C=O) groups excluding carboxylic acids is 5. The molecule has 5 rings (SSSR count). The Kier molecular flexibility index (Phi) is 10.2. The number of rotatable bonds is 11. The van der Waals surface area contributed by atoms with E-state index >= 15 is 0 Å². The summed E-state index contributed by atoms with van der Waals surface area (Å²) in [7, 11) is 1.58. The molecule has 3 heterocycles. The molecule has 0 bridgehead atoms. The number of imide groups is 1. The van der Waals surface area contributed by atoms with E-state index in [1.165, 1.54) is 21.6 Å². The van der Waals surface area contributed by atoms with Gasteiger partial charge in [0.15, 0.2) is 18.6 Å². The maximum atomic E-state index is 13.8. The maximum Gasteiger partial charge on any atom is 0.416 e. The van der Waals surface area contributed by atoms with Crippen LogP contribution in [0, 0.1) is 13.8 Å². The van der Waals surface area contributed by atoms with E-state index in [2.05, 4.69) is 0 Å². The number of aryl methyl sites for hydroxylation is 2. The summed E-state index contributed by atoms with van der Waals surface area (Å²) in [5.74, 6) is -0.270. The maximum absolute atomic E-state index is 13.8. The first kappa shape index (κ1) is 33.2. The Morgan fingerprint density at radius 3 is 2.39 bits per heavy atom. The average Bonchev–Trinajstić information content (AvgIpc) is 3.59. The number of nitrogens with zero attached hydrogens (tertiary/aromatic N) is 3. The van der Waals surface area contributed by atoms with Gasteiger partial charge in [0.05, 0.1) is 29.7 Å². The van der Waals surface area contributed by atoms with Crippen LogP contribution < -0.4 is 9.64 Å². The Hall–Kier alpha value is -4.16. The van der Waals surface area contributed by atoms with E-state index in [0.717, 1.165) is 27.2 Å². The Morgan fingerprint density at radius 2 is 1.72 bits per heavy atom. The fourth-order valence-electron chi connectivity index (χ4n) is 6.05. The van der Waals surface area contributed by atoms with Crippen LogP contribution in [0.25, 0.3) is 5.57 Å². The van der Waals surface area contributed by atoms with Gasteiger partial charge in [-0.05, 0) is 85.9 Å². The monoisotopic (exact) mass is 649 g/mol.